The first-order valence-electron chi connectivity index (χ1n) is 9.66. The summed E-state index contributed by atoms with van der Waals surface area (Å²) in [6, 6.07) is 13.2. The lowest BCUT2D eigenvalue weighted by atomic mass is 10.2. The van der Waals surface area contributed by atoms with Gasteiger partial charge in [0.15, 0.2) is 12.2 Å². The fourth-order valence-electron chi connectivity index (χ4n) is 3.41. The summed E-state index contributed by atoms with van der Waals surface area (Å²) in [5.41, 5.74) is 1.48. The highest BCUT2D eigenvalue weighted by molar-refractivity contribution is 7.89. The average Bonchev–Trinajstić information content (AvgIpc) is 2.94. The maximum atomic E-state index is 12.9. The molecule has 0 aliphatic carbocycles. The molecule has 0 radical (unpaired) electrons. The lowest BCUT2D eigenvalue weighted by Gasteiger charge is -2.20. The summed E-state index contributed by atoms with van der Waals surface area (Å²) >= 11 is 0. The van der Waals surface area contributed by atoms with Crippen LogP contribution in [0.15, 0.2) is 57.8 Å². The minimum Gasteiger partial charge on any atom is -0.452 e. The van der Waals surface area contributed by atoms with E-state index in [0.717, 1.165) is 25.7 Å². The predicted molar refractivity (Wildman–Crippen MR) is 107 cm³/mol. The molecular weight excluding hydrogens is 392 g/mol. The lowest BCUT2D eigenvalue weighted by Crippen LogP contribution is -2.32. The molecule has 1 fully saturated rings. The molecule has 0 bridgehead atoms. The Balaban J connectivity index is 1.47. The van der Waals surface area contributed by atoms with Crippen LogP contribution in [0.25, 0.3) is 11.1 Å². The van der Waals surface area contributed by atoms with Crippen molar-refractivity contribution in [2.45, 2.75) is 37.2 Å². The van der Waals surface area contributed by atoms with Crippen molar-refractivity contribution in [1.82, 2.24) is 9.29 Å². The summed E-state index contributed by atoms with van der Waals surface area (Å²) in [7, 11) is -3.63. The van der Waals surface area contributed by atoms with Gasteiger partial charge in [-0.3, -0.25) is 0 Å². The number of para-hydroxylation sites is 2. The van der Waals surface area contributed by atoms with E-state index >= 15 is 0 Å². The van der Waals surface area contributed by atoms with Gasteiger partial charge in [0.05, 0.1) is 10.5 Å². The fraction of sp³-hybridized carbons (Fsp3) is 0.333. The number of oxazole rings is 1. The number of sulfonamides is 1. The zero-order chi connectivity index (χ0) is 20.3. The van der Waals surface area contributed by atoms with Crippen LogP contribution in [0.5, 0.6) is 0 Å². The molecule has 4 rings (SSSR count). The van der Waals surface area contributed by atoms with Gasteiger partial charge in [-0.2, -0.15) is 4.31 Å². The summed E-state index contributed by atoms with van der Waals surface area (Å²) in [6.07, 6.45) is 3.78. The standard InChI is InChI=1S/C21H22N2O5S/c24-21(27-15-20-22-18-10-3-4-11-19(18)28-20)16-8-7-9-17(14-16)29(25,26)23-12-5-1-2-6-13-23/h3-4,7-11,14H,1-2,5-6,12-13,15H2. The van der Waals surface area contributed by atoms with Crippen molar-refractivity contribution in [3.63, 3.8) is 0 Å². The monoisotopic (exact) mass is 414 g/mol. The van der Waals surface area contributed by atoms with Gasteiger partial charge < -0.3 is 9.15 Å². The van der Waals surface area contributed by atoms with E-state index in [1.807, 2.05) is 12.1 Å². The first kappa shape index (κ1) is 19.6. The topological polar surface area (TPSA) is 89.7 Å². The second-order valence-electron chi connectivity index (χ2n) is 7.00. The summed E-state index contributed by atoms with van der Waals surface area (Å²) in [5, 5.41) is 0. The molecule has 2 aromatic carbocycles. The van der Waals surface area contributed by atoms with Gasteiger partial charge in [0.1, 0.15) is 5.52 Å². The van der Waals surface area contributed by atoms with E-state index in [1.165, 1.54) is 22.5 Å². The van der Waals surface area contributed by atoms with E-state index < -0.39 is 16.0 Å². The molecule has 1 aromatic heterocycles. The minimum atomic E-state index is -3.63. The van der Waals surface area contributed by atoms with Crippen molar-refractivity contribution in [2.75, 3.05) is 13.1 Å². The molecule has 7 nitrogen and oxygen atoms in total. The Hall–Kier alpha value is -2.71. The van der Waals surface area contributed by atoms with E-state index in [1.54, 1.807) is 18.2 Å². The van der Waals surface area contributed by atoms with E-state index in [-0.39, 0.29) is 23.0 Å². The van der Waals surface area contributed by atoms with Crippen molar-refractivity contribution in [2.24, 2.45) is 0 Å². The van der Waals surface area contributed by atoms with Crippen LogP contribution in [0.4, 0.5) is 0 Å². The van der Waals surface area contributed by atoms with Crippen LogP contribution in [0.1, 0.15) is 41.9 Å². The summed E-state index contributed by atoms with van der Waals surface area (Å²) in [5.74, 6) is -0.340. The van der Waals surface area contributed by atoms with Gasteiger partial charge in [0.2, 0.25) is 15.9 Å². The van der Waals surface area contributed by atoms with E-state index in [4.69, 9.17) is 9.15 Å². The second-order valence-corrected chi connectivity index (χ2v) is 8.94. The van der Waals surface area contributed by atoms with E-state index in [9.17, 15) is 13.2 Å². The normalized spacial score (nSPS) is 15.9. The number of carbonyl (C=O) groups excluding carboxylic acids is 1. The number of hydrogen-bond donors (Lipinski definition) is 0. The second kappa shape index (κ2) is 8.34. The number of nitrogens with zero attached hydrogens (tertiary/aromatic N) is 2. The van der Waals surface area contributed by atoms with Crippen LogP contribution in [-0.2, 0) is 21.4 Å². The maximum absolute atomic E-state index is 12.9. The summed E-state index contributed by atoms with van der Waals surface area (Å²) < 4.78 is 38.2. The van der Waals surface area contributed by atoms with Crippen LogP contribution in [0.3, 0.4) is 0 Å². The molecule has 0 saturated carbocycles. The molecule has 0 atom stereocenters. The number of fused-ring (bicyclic) bond motifs is 1. The van der Waals surface area contributed by atoms with Crippen molar-refractivity contribution in [3.8, 4) is 0 Å². The number of ether oxygens (including phenoxy) is 1. The lowest BCUT2D eigenvalue weighted by molar-refractivity contribution is 0.0440. The molecule has 29 heavy (non-hydrogen) atoms. The first-order chi connectivity index (χ1) is 14.0. The van der Waals surface area contributed by atoms with E-state index in [2.05, 4.69) is 4.98 Å². The minimum absolute atomic E-state index is 0.107. The summed E-state index contributed by atoms with van der Waals surface area (Å²) in [4.78, 5) is 16.8. The van der Waals surface area contributed by atoms with Gasteiger partial charge in [0.25, 0.3) is 0 Å². The zero-order valence-corrected chi connectivity index (χ0v) is 16.7. The van der Waals surface area contributed by atoms with Gasteiger partial charge in [-0.1, -0.05) is 31.0 Å². The first-order valence-corrected chi connectivity index (χ1v) is 11.1. The zero-order valence-electron chi connectivity index (χ0n) is 15.9. The number of rotatable bonds is 5. The number of esters is 1. The maximum Gasteiger partial charge on any atom is 0.338 e. The van der Waals surface area contributed by atoms with Crippen LogP contribution >= 0.6 is 0 Å². The highest BCUT2D eigenvalue weighted by atomic mass is 32.2. The molecule has 8 heteroatoms. The molecule has 0 amide bonds. The molecule has 0 spiro atoms. The van der Waals surface area contributed by atoms with Crippen LogP contribution in [-0.4, -0.2) is 36.8 Å². The van der Waals surface area contributed by atoms with Crippen LogP contribution in [0, 0.1) is 0 Å². The molecule has 1 aliphatic heterocycles. The quantitative estimate of drug-likeness (QED) is 0.591. The average molecular weight is 414 g/mol. The molecule has 1 saturated heterocycles. The highest BCUT2D eigenvalue weighted by Gasteiger charge is 2.26. The SMILES string of the molecule is O=C(OCc1nc2ccccc2o1)c1cccc(S(=O)(=O)N2CCCCCC2)c1. The number of benzene rings is 2. The molecule has 1 aliphatic rings. The third kappa shape index (κ3) is 4.33. The Morgan fingerprint density at radius 1 is 1.03 bits per heavy atom. The van der Waals surface area contributed by atoms with Gasteiger partial charge >= 0.3 is 5.97 Å². The fourth-order valence-corrected chi connectivity index (χ4v) is 4.97. The van der Waals surface area contributed by atoms with Crippen LogP contribution < -0.4 is 0 Å². The van der Waals surface area contributed by atoms with Gasteiger partial charge in [-0.15, -0.1) is 0 Å². The molecular formula is C21H22N2O5S. The Morgan fingerprint density at radius 3 is 2.55 bits per heavy atom. The number of hydrogen-bond acceptors (Lipinski definition) is 6. The summed E-state index contributed by atoms with van der Waals surface area (Å²) in [6.45, 7) is 0.889. The smallest absolute Gasteiger partial charge is 0.338 e. The van der Waals surface area contributed by atoms with Crippen molar-refractivity contribution in [3.05, 3.63) is 60.0 Å². The van der Waals surface area contributed by atoms with Gasteiger partial charge in [-0.25, -0.2) is 18.2 Å². The third-order valence-corrected chi connectivity index (χ3v) is 6.83. The predicted octanol–water partition coefficient (Wildman–Crippen LogP) is 3.75. The Morgan fingerprint density at radius 2 is 1.79 bits per heavy atom. The number of aromatic nitrogens is 1. The highest BCUT2D eigenvalue weighted by Crippen LogP contribution is 2.22. The Labute approximate surface area is 169 Å². The van der Waals surface area contributed by atoms with Crippen molar-refractivity contribution in [1.29, 1.82) is 0 Å². The van der Waals surface area contributed by atoms with Crippen LogP contribution in [0.2, 0.25) is 0 Å². The largest absolute Gasteiger partial charge is 0.452 e. The van der Waals surface area contributed by atoms with Crippen molar-refractivity contribution < 1.29 is 22.4 Å². The molecule has 3 aromatic rings. The van der Waals surface area contributed by atoms with E-state index in [0.29, 0.717) is 24.2 Å². The molecule has 0 unspecified atom stereocenters. The molecule has 0 N–H and O–H groups in total. The Kier molecular flexibility index (Phi) is 5.64. The molecule has 2 heterocycles. The van der Waals surface area contributed by atoms with Crippen molar-refractivity contribution >= 4 is 27.1 Å². The third-order valence-electron chi connectivity index (χ3n) is 4.94. The van der Waals surface area contributed by atoms with Gasteiger partial charge in [-0.05, 0) is 43.2 Å². The number of carbonyl (C=O) groups is 1. The Bertz CT molecular complexity index is 1080. The van der Waals surface area contributed by atoms with Gasteiger partial charge in [0, 0.05) is 13.1 Å². The molecule has 152 valence electrons.